The topological polar surface area (TPSA) is 19.4 Å². The second kappa shape index (κ2) is 39.8. The Morgan fingerprint density at radius 3 is 0.893 bits per heavy atom. The summed E-state index contributed by atoms with van der Waals surface area (Å²) in [6.07, 6.45) is 0. The number of para-hydroxylation sites is 9. The van der Waals surface area contributed by atoms with Gasteiger partial charge in [-0.1, -0.05) is 406 Å². The van der Waals surface area contributed by atoms with E-state index < -0.39 is 0 Å². The van der Waals surface area contributed by atoms with E-state index >= 15 is 0 Å². The third-order valence-corrected chi connectivity index (χ3v) is 30.2. The Kier molecular flexibility index (Phi) is 24.8. The first kappa shape index (κ1) is 92.8. The number of hydrogen-bond acceptors (Lipinski definition) is 6. The lowest BCUT2D eigenvalue weighted by Crippen LogP contribution is -2.31. The molecule has 0 bridgehead atoms. The molecular weight excluding hydrogens is 1800 g/mol. The molecule has 6 nitrogen and oxygen atoms in total. The summed E-state index contributed by atoms with van der Waals surface area (Å²) in [6.45, 7) is 14.2. The van der Waals surface area contributed by atoms with E-state index in [0.717, 1.165) is 62.6 Å². The summed E-state index contributed by atoms with van der Waals surface area (Å²) in [4.78, 5) is 14.3. The van der Waals surface area contributed by atoms with Crippen molar-refractivity contribution >= 4 is 124 Å². The summed E-state index contributed by atoms with van der Waals surface area (Å²) in [7, 11) is 0. The highest BCUT2D eigenvalue weighted by Gasteiger charge is 2.43. The van der Waals surface area contributed by atoms with Gasteiger partial charge in [0.05, 0.1) is 39.8 Å². The van der Waals surface area contributed by atoms with Crippen molar-refractivity contribution in [2.75, 3.05) is 29.4 Å². The van der Waals surface area contributed by atoms with Crippen molar-refractivity contribution in [2.45, 2.75) is 57.8 Å². The van der Waals surface area contributed by atoms with Crippen LogP contribution in [0, 0.1) is 0 Å². The Balaban J connectivity index is 0.000000120. The van der Waals surface area contributed by atoms with E-state index in [2.05, 4.69) is 641 Å². The third-order valence-electron chi connectivity index (χ3n) is 30.2. The van der Waals surface area contributed by atoms with Gasteiger partial charge in [0.15, 0.2) is 0 Å². The molecule has 6 heteroatoms. The maximum atomic E-state index is 2.47. The zero-order chi connectivity index (χ0) is 101. The fourth-order valence-electron chi connectivity index (χ4n) is 22.8. The minimum absolute atomic E-state index is 0.166. The van der Waals surface area contributed by atoms with Crippen LogP contribution >= 0.6 is 0 Å². The average molecular weight is 1910 g/mol. The molecule has 0 saturated heterocycles. The largest absolute Gasteiger partial charge is 0.311 e. The van der Waals surface area contributed by atoms with Gasteiger partial charge in [-0.15, -0.1) is 0 Å². The summed E-state index contributed by atoms with van der Waals surface area (Å²) in [5.74, 6) is 0. The standard InChI is InChI=1S/C51H40N2.C49H38N2.C43H34N2/c1-51(2)47-35-40(38-28-31-45(32-29-38)52(42-22-12-5-13-23-42)43-24-14-6-15-25-43)30-33-48(47)53(44-26-16-7-17-27-44)49-36-41(37-18-8-3-9-19-37)34-46(50(49)51)39-20-10-4-11-21-39;1-49(2)45-33-39(35-14-6-3-7-15-35)25-30-47(45)51(42-20-10-5-11-21-42)48-31-26-40(34-46(48)49)37-22-27-43(28-23-37)50(41-18-8-4-9-19-41)44-29-24-36-16-12-13-17-38(36)32-44;1-43(2)38-24-14-15-25-41(38)45(34-20-10-5-11-21-34)42-28-26-31(30-39(42)43)35-27-29-40(37-23-13-12-22-36(35)37)44(32-16-6-3-7-17-32)33-18-8-4-9-19-33/h3-36H,1-2H3;3-34H,1-2H3;3-30H,1-2H3. The fraction of sp³-hybridized carbons (Fsp3) is 0.0629. The van der Waals surface area contributed by atoms with Crippen molar-refractivity contribution < 1.29 is 0 Å². The summed E-state index contributed by atoms with van der Waals surface area (Å²) >= 11 is 0. The molecule has 3 heterocycles. The summed E-state index contributed by atoms with van der Waals surface area (Å²) in [5, 5.41) is 4.92. The molecule has 3 aliphatic rings. The number of hydrogen-bond donors (Lipinski definition) is 0. The van der Waals surface area contributed by atoms with Crippen molar-refractivity contribution in [1.82, 2.24) is 0 Å². The van der Waals surface area contributed by atoms with E-state index in [1.165, 1.54) is 161 Å². The van der Waals surface area contributed by atoms with Crippen LogP contribution in [0.5, 0.6) is 0 Å². The average Bonchev–Trinajstić information content (AvgIpc) is 0.724. The van der Waals surface area contributed by atoms with Gasteiger partial charge in [0, 0.05) is 84.2 Å². The molecular formula is C143H112N6. The first-order valence-electron chi connectivity index (χ1n) is 51.7. The maximum Gasteiger partial charge on any atom is 0.0540 e. The van der Waals surface area contributed by atoms with Gasteiger partial charge < -0.3 is 29.4 Å². The zero-order valence-electron chi connectivity index (χ0n) is 84.5. The van der Waals surface area contributed by atoms with E-state index in [4.69, 9.17) is 0 Å². The number of rotatable bonds is 18. The van der Waals surface area contributed by atoms with Crippen molar-refractivity contribution in [1.29, 1.82) is 0 Å². The van der Waals surface area contributed by atoms with Gasteiger partial charge in [0.25, 0.3) is 0 Å². The predicted molar refractivity (Wildman–Crippen MR) is 631 cm³/mol. The Morgan fingerprint density at radius 1 is 0.154 bits per heavy atom. The normalized spacial score (nSPS) is 13.0. The van der Waals surface area contributed by atoms with Crippen LogP contribution in [0.25, 0.3) is 88.3 Å². The SMILES string of the molecule is CC1(C)c2cc(-c3ccc(N(c4ccccc4)c4ccccc4)cc3)ccc2N(c2ccccc2)c2cc(-c3ccccc3)cc(-c3ccccc3)c21.CC1(C)c2cc(-c3ccccc3)ccc2N(c2ccccc2)c2ccc(-c3ccc(N(c4ccccc4)c4ccc5ccccc5c4)cc3)cc21.CC1(C)c2ccccc2N(c2ccccc2)c2ccc(-c3ccc(N(c4ccccc4)c4ccccc4)c4ccccc34)cc21. The van der Waals surface area contributed by atoms with E-state index in [1.807, 2.05) is 0 Å². The molecule has 0 aromatic heterocycles. The van der Waals surface area contributed by atoms with Crippen molar-refractivity contribution in [3.8, 4) is 66.8 Å². The van der Waals surface area contributed by atoms with E-state index in [-0.39, 0.29) is 16.2 Å². The van der Waals surface area contributed by atoms with Crippen LogP contribution < -0.4 is 29.4 Å². The molecule has 0 unspecified atom stereocenters. The molecule has 0 radical (unpaired) electrons. The van der Waals surface area contributed by atoms with Crippen LogP contribution in [-0.2, 0) is 16.2 Å². The highest BCUT2D eigenvalue weighted by atomic mass is 15.2. The highest BCUT2D eigenvalue weighted by molar-refractivity contribution is 6.07. The predicted octanol–water partition coefficient (Wildman–Crippen LogP) is 40.1. The maximum absolute atomic E-state index is 2.47. The Labute approximate surface area is 875 Å². The number of fused-ring (bicyclic) bond motifs is 8. The van der Waals surface area contributed by atoms with Crippen LogP contribution in [0.3, 0.4) is 0 Å². The third kappa shape index (κ3) is 17.7. The van der Waals surface area contributed by atoms with E-state index in [1.54, 1.807) is 0 Å². The molecule has 0 amide bonds. The first-order valence-corrected chi connectivity index (χ1v) is 51.7. The van der Waals surface area contributed by atoms with Crippen LogP contribution in [0.4, 0.5) is 102 Å². The molecule has 3 aliphatic heterocycles. The van der Waals surface area contributed by atoms with Gasteiger partial charge >= 0.3 is 0 Å². The van der Waals surface area contributed by atoms with Gasteiger partial charge in [-0.3, -0.25) is 0 Å². The molecule has 23 aromatic carbocycles. The minimum atomic E-state index is -0.302. The Bertz CT molecular complexity index is 8660. The molecule has 23 aromatic rings. The monoisotopic (exact) mass is 1910 g/mol. The minimum Gasteiger partial charge on any atom is -0.311 e. The van der Waals surface area contributed by atoms with Crippen LogP contribution in [0.2, 0.25) is 0 Å². The Hall–Kier alpha value is -18.6. The fourth-order valence-corrected chi connectivity index (χ4v) is 22.8. The van der Waals surface area contributed by atoms with Crippen LogP contribution in [0.1, 0.15) is 74.9 Å². The lowest BCUT2D eigenvalue weighted by Gasteiger charge is -2.44. The lowest BCUT2D eigenvalue weighted by molar-refractivity contribution is 0.632. The van der Waals surface area contributed by atoms with Crippen molar-refractivity contribution in [3.05, 3.63) is 604 Å². The van der Waals surface area contributed by atoms with Gasteiger partial charge in [-0.25, -0.2) is 0 Å². The summed E-state index contributed by atoms with van der Waals surface area (Å²) in [5.41, 5.74) is 42.9. The zero-order valence-corrected chi connectivity index (χ0v) is 84.5. The first-order chi connectivity index (χ1) is 73.2. The van der Waals surface area contributed by atoms with Gasteiger partial charge in [0.2, 0.25) is 0 Å². The second-order valence-corrected chi connectivity index (χ2v) is 40.3. The highest BCUT2D eigenvalue weighted by Crippen LogP contribution is 2.60. The number of benzene rings is 23. The smallest absolute Gasteiger partial charge is 0.0540 e. The molecule has 0 atom stereocenters. The molecule has 0 fully saturated rings. The van der Waals surface area contributed by atoms with Gasteiger partial charge in [-0.05, 0) is 323 Å². The molecule has 714 valence electrons. The van der Waals surface area contributed by atoms with E-state index in [9.17, 15) is 0 Å². The number of nitrogens with zero attached hydrogens (tertiary/aromatic N) is 6. The van der Waals surface area contributed by atoms with Crippen LogP contribution in [-0.4, -0.2) is 0 Å². The quantitative estimate of drug-likeness (QED) is 0.0847. The van der Waals surface area contributed by atoms with Gasteiger partial charge in [-0.2, -0.15) is 0 Å². The van der Waals surface area contributed by atoms with Gasteiger partial charge in [0.1, 0.15) is 0 Å². The lowest BCUT2D eigenvalue weighted by atomic mass is 9.69. The molecule has 0 saturated carbocycles. The van der Waals surface area contributed by atoms with Crippen molar-refractivity contribution in [3.63, 3.8) is 0 Å². The molecule has 0 N–H and O–H groups in total. The molecule has 0 spiro atoms. The molecule has 0 aliphatic carbocycles. The van der Waals surface area contributed by atoms with E-state index in [0.29, 0.717) is 0 Å². The van der Waals surface area contributed by atoms with Crippen LogP contribution in [0.15, 0.2) is 570 Å². The second-order valence-electron chi connectivity index (χ2n) is 40.3. The molecule has 149 heavy (non-hydrogen) atoms. The van der Waals surface area contributed by atoms with Crippen molar-refractivity contribution in [2.24, 2.45) is 0 Å². The summed E-state index contributed by atoms with van der Waals surface area (Å²) in [6, 6.07) is 206. The Morgan fingerprint density at radius 2 is 0.450 bits per heavy atom. The number of anilines is 18. The summed E-state index contributed by atoms with van der Waals surface area (Å²) < 4.78 is 0. The molecule has 26 rings (SSSR count).